The van der Waals surface area contributed by atoms with E-state index in [9.17, 15) is 9.59 Å². The zero-order chi connectivity index (χ0) is 26.2. The van der Waals surface area contributed by atoms with Crippen LogP contribution in [0.5, 0.6) is 11.5 Å². The smallest absolute Gasteiger partial charge is 0.244 e. The van der Waals surface area contributed by atoms with Gasteiger partial charge in [-0.1, -0.05) is 52.6 Å². The number of thioether (sulfide) groups is 1. The Morgan fingerprint density at radius 1 is 1.03 bits per heavy atom. The van der Waals surface area contributed by atoms with Crippen molar-refractivity contribution in [2.75, 3.05) is 25.3 Å². The monoisotopic (exact) mass is 569 g/mol. The van der Waals surface area contributed by atoms with E-state index < -0.39 is 0 Å². The second-order valence-corrected chi connectivity index (χ2v) is 9.37. The van der Waals surface area contributed by atoms with Crippen LogP contribution in [0.15, 0.2) is 41.6 Å². The van der Waals surface area contributed by atoms with Crippen molar-refractivity contribution in [1.29, 1.82) is 0 Å². The Balaban J connectivity index is 1.51. The Labute approximate surface area is 227 Å². The second-order valence-electron chi connectivity index (χ2n) is 7.21. The van der Waals surface area contributed by atoms with Gasteiger partial charge in [0.15, 0.2) is 22.5 Å². The number of nitrogens with zero attached hydrogens (tertiary/aromatic N) is 3. The van der Waals surface area contributed by atoms with Crippen LogP contribution in [0.25, 0.3) is 6.08 Å². The number of ether oxygens (including phenoxy) is 2. The number of carbonyl (C=O) groups excluding carboxylic acids is 2. The number of methoxy groups -OCH3 is 2. The summed E-state index contributed by atoms with van der Waals surface area (Å²) in [5.74, 6) is 1.14. The van der Waals surface area contributed by atoms with Crippen LogP contribution in [-0.4, -0.2) is 46.6 Å². The lowest BCUT2D eigenvalue weighted by Gasteiger charge is -2.09. The number of rotatable bonds is 10. The summed E-state index contributed by atoms with van der Waals surface area (Å²) >= 11 is 19.2. The number of anilines is 1. The molecule has 0 saturated carbocycles. The molecule has 1 aromatic heterocycles. The van der Waals surface area contributed by atoms with Gasteiger partial charge in [0.05, 0.1) is 47.3 Å². The lowest BCUT2D eigenvalue weighted by molar-refractivity contribution is -0.116. The van der Waals surface area contributed by atoms with Crippen LogP contribution < -0.4 is 20.1 Å². The van der Waals surface area contributed by atoms with E-state index in [4.69, 9.17) is 44.3 Å². The lowest BCUT2D eigenvalue weighted by Crippen LogP contribution is -2.22. The number of nitrogens with one attached hydrogen (secondary N) is 2. The highest BCUT2D eigenvalue weighted by Gasteiger charge is 2.14. The molecule has 3 rings (SSSR count). The number of hydrogen-bond donors (Lipinski definition) is 2. The molecule has 0 aliphatic carbocycles. The minimum atomic E-state index is -0.307. The molecule has 0 unspecified atom stereocenters. The van der Waals surface area contributed by atoms with Gasteiger partial charge in [-0.05, 0) is 35.9 Å². The average molecular weight is 571 g/mol. The highest BCUT2D eigenvalue weighted by molar-refractivity contribution is 7.99. The van der Waals surface area contributed by atoms with Gasteiger partial charge in [-0.3, -0.25) is 9.59 Å². The number of hydrogen-bond acceptors (Lipinski definition) is 7. The van der Waals surface area contributed by atoms with Crippen molar-refractivity contribution in [2.24, 2.45) is 7.05 Å². The molecule has 0 radical (unpaired) electrons. The number of amides is 2. The fourth-order valence-corrected chi connectivity index (χ4v) is 4.24. The maximum Gasteiger partial charge on any atom is 0.244 e. The van der Waals surface area contributed by atoms with Crippen LogP contribution in [0.2, 0.25) is 15.1 Å². The maximum absolute atomic E-state index is 12.3. The van der Waals surface area contributed by atoms with E-state index in [2.05, 4.69) is 20.8 Å². The molecular formula is C23H22Cl3N5O4S. The van der Waals surface area contributed by atoms with Crippen molar-refractivity contribution in [3.8, 4) is 11.5 Å². The zero-order valence-corrected chi connectivity index (χ0v) is 22.6. The molecule has 9 nitrogen and oxygen atoms in total. The normalized spacial score (nSPS) is 10.9. The topological polar surface area (TPSA) is 107 Å². The first-order chi connectivity index (χ1) is 17.2. The summed E-state index contributed by atoms with van der Waals surface area (Å²) in [4.78, 5) is 24.6. The predicted molar refractivity (Wildman–Crippen MR) is 142 cm³/mol. The number of aromatic nitrogens is 3. The first-order valence-electron chi connectivity index (χ1n) is 10.3. The molecule has 36 heavy (non-hydrogen) atoms. The molecule has 2 amide bonds. The van der Waals surface area contributed by atoms with Gasteiger partial charge in [0.25, 0.3) is 0 Å². The molecule has 2 N–H and O–H groups in total. The summed E-state index contributed by atoms with van der Waals surface area (Å²) in [5, 5.41) is 15.0. The Kier molecular flexibility index (Phi) is 9.89. The van der Waals surface area contributed by atoms with Crippen LogP contribution in [-0.2, 0) is 23.2 Å². The molecule has 0 fully saturated rings. The summed E-state index contributed by atoms with van der Waals surface area (Å²) in [7, 11) is 4.85. The maximum atomic E-state index is 12.3. The molecule has 2 aromatic carbocycles. The highest BCUT2D eigenvalue weighted by Crippen LogP contribution is 2.32. The first kappa shape index (κ1) is 27.7. The Morgan fingerprint density at radius 2 is 1.75 bits per heavy atom. The van der Waals surface area contributed by atoms with Crippen molar-refractivity contribution in [3.63, 3.8) is 0 Å². The van der Waals surface area contributed by atoms with Gasteiger partial charge in [0.1, 0.15) is 0 Å². The fraction of sp³-hybridized carbons (Fsp3) is 0.217. The van der Waals surface area contributed by atoms with Crippen LogP contribution in [0.1, 0.15) is 11.4 Å². The molecule has 1 heterocycles. The zero-order valence-electron chi connectivity index (χ0n) is 19.5. The molecule has 0 atom stereocenters. The quantitative estimate of drug-likeness (QED) is 0.204. The van der Waals surface area contributed by atoms with Gasteiger partial charge in [0, 0.05) is 13.1 Å². The van der Waals surface area contributed by atoms with E-state index in [1.165, 1.54) is 30.0 Å². The van der Waals surface area contributed by atoms with E-state index in [-0.39, 0.29) is 34.2 Å². The summed E-state index contributed by atoms with van der Waals surface area (Å²) < 4.78 is 12.2. The van der Waals surface area contributed by atoms with E-state index in [0.29, 0.717) is 33.2 Å². The van der Waals surface area contributed by atoms with Gasteiger partial charge in [-0.2, -0.15) is 0 Å². The predicted octanol–water partition coefficient (Wildman–Crippen LogP) is 4.85. The van der Waals surface area contributed by atoms with Gasteiger partial charge in [-0.15, -0.1) is 10.2 Å². The molecule has 13 heteroatoms. The summed E-state index contributed by atoms with van der Waals surface area (Å²) in [6.07, 6.45) is 3.07. The molecule has 0 spiro atoms. The van der Waals surface area contributed by atoms with Gasteiger partial charge < -0.3 is 24.7 Å². The fourth-order valence-electron chi connectivity index (χ4n) is 2.91. The van der Waals surface area contributed by atoms with E-state index >= 15 is 0 Å². The third-order valence-corrected chi connectivity index (χ3v) is 6.85. The standard InChI is InChI=1S/C23H22Cl3N5O4S/c1-31-20(11-27-21(32)7-5-13-4-6-18(34-2)19(8-13)35-3)29-30-23(31)36-12-22(33)28-17-10-15(25)14(24)9-16(17)26/h4-10H,11-12H2,1-3H3,(H,27,32)(H,28,33). The number of halogens is 3. The third-order valence-electron chi connectivity index (χ3n) is 4.80. The summed E-state index contributed by atoms with van der Waals surface area (Å²) in [6.45, 7) is 0.157. The Morgan fingerprint density at radius 3 is 2.47 bits per heavy atom. The second kappa shape index (κ2) is 12.9. The van der Waals surface area contributed by atoms with Crippen LogP contribution in [0.4, 0.5) is 5.69 Å². The molecule has 3 aromatic rings. The van der Waals surface area contributed by atoms with Gasteiger partial charge >= 0.3 is 0 Å². The molecular weight excluding hydrogens is 549 g/mol. The first-order valence-corrected chi connectivity index (χ1v) is 12.5. The number of carbonyl (C=O) groups is 2. The Bertz CT molecular complexity index is 1300. The summed E-state index contributed by atoms with van der Waals surface area (Å²) in [5.41, 5.74) is 1.14. The molecule has 0 aliphatic rings. The minimum Gasteiger partial charge on any atom is -0.493 e. The van der Waals surface area contributed by atoms with E-state index in [0.717, 1.165) is 5.56 Å². The third kappa shape index (κ3) is 7.30. The lowest BCUT2D eigenvalue weighted by atomic mass is 10.2. The molecule has 0 bridgehead atoms. The van der Waals surface area contributed by atoms with Crippen molar-refractivity contribution in [1.82, 2.24) is 20.1 Å². The van der Waals surface area contributed by atoms with Crippen molar-refractivity contribution in [2.45, 2.75) is 11.7 Å². The Hall–Kier alpha value is -2.92. The van der Waals surface area contributed by atoms with Crippen molar-refractivity contribution in [3.05, 3.63) is 62.9 Å². The average Bonchev–Trinajstić information content (AvgIpc) is 3.22. The molecule has 0 saturated heterocycles. The molecule has 0 aliphatic heterocycles. The van der Waals surface area contributed by atoms with Crippen molar-refractivity contribution >= 4 is 70.1 Å². The van der Waals surface area contributed by atoms with E-state index in [1.807, 2.05) is 6.07 Å². The van der Waals surface area contributed by atoms with Crippen LogP contribution in [0.3, 0.4) is 0 Å². The SMILES string of the molecule is COc1ccc(C=CC(=O)NCc2nnc(SCC(=O)Nc3cc(Cl)c(Cl)cc3Cl)n2C)cc1OC. The molecule has 190 valence electrons. The van der Waals surface area contributed by atoms with Crippen LogP contribution >= 0.6 is 46.6 Å². The van der Waals surface area contributed by atoms with Crippen LogP contribution in [0, 0.1) is 0 Å². The number of benzene rings is 2. The highest BCUT2D eigenvalue weighted by atomic mass is 35.5. The van der Waals surface area contributed by atoms with Crippen molar-refractivity contribution < 1.29 is 19.1 Å². The van der Waals surface area contributed by atoms with Gasteiger partial charge in [-0.25, -0.2) is 0 Å². The summed E-state index contributed by atoms with van der Waals surface area (Å²) in [6, 6.07) is 8.27. The van der Waals surface area contributed by atoms with E-state index in [1.54, 1.807) is 44.0 Å². The largest absolute Gasteiger partial charge is 0.493 e. The van der Waals surface area contributed by atoms with Gasteiger partial charge in [0.2, 0.25) is 11.8 Å². The minimum absolute atomic E-state index is 0.0585.